The fourth-order valence-electron chi connectivity index (χ4n) is 1.46. The van der Waals surface area contributed by atoms with E-state index in [0.29, 0.717) is 11.6 Å². The maximum atomic E-state index is 5.95. The first-order valence-electron chi connectivity index (χ1n) is 4.95. The molecule has 0 bridgehead atoms. The topological polar surface area (TPSA) is 47.0 Å². The van der Waals surface area contributed by atoms with Crippen molar-refractivity contribution in [3.05, 3.63) is 29.4 Å². The molecule has 0 radical (unpaired) electrons. The van der Waals surface area contributed by atoms with Crippen molar-refractivity contribution in [2.75, 3.05) is 25.6 Å². The van der Waals surface area contributed by atoms with Crippen LogP contribution in [0.2, 0.25) is 5.02 Å². The molecule has 1 aromatic carbocycles. The predicted molar refractivity (Wildman–Crippen MR) is 64.9 cm³/mol. The lowest BCUT2D eigenvalue weighted by molar-refractivity contribution is 0.211. The van der Waals surface area contributed by atoms with Gasteiger partial charge in [-0.05, 0) is 18.2 Å². The van der Waals surface area contributed by atoms with E-state index in [9.17, 15) is 0 Å². The van der Waals surface area contributed by atoms with Crippen molar-refractivity contribution >= 4 is 28.2 Å². The Morgan fingerprint density at radius 3 is 3.12 bits per heavy atom. The summed E-state index contributed by atoms with van der Waals surface area (Å²) in [5, 5.41) is 12.8. The minimum Gasteiger partial charge on any atom is -0.383 e. The van der Waals surface area contributed by atoms with Gasteiger partial charge in [0.2, 0.25) is 0 Å². The predicted octanol–water partition coefficient (Wildman–Crippen LogP) is 2.34. The van der Waals surface area contributed by atoms with Gasteiger partial charge in [-0.1, -0.05) is 11.6 Å². The number of nitrogens with zero attached hydrogens (tertiary/aromatic N) is 2. The first-order valence-corrected chi connectivity index (χ1v) is 5.33. The summed E-state index contributed by atoms with van der Waals surface area (Å²) in [6, 6.07) is 5.53. The van der Waals surface area contributed by atoms with Gasteiger partial charge in [-0.2, -0.15) is 10.2 Å². The molecule has 0 aliphatic rings. The van der Waals surface area contributed by atoms with Gasteiger partial charge in [-0.25, -0.2) is 0 Å². The van der Waals surface area contributed by atoms with Crippen LogP contribution in [0.3, 0.4) is 0 Å². The van der Waals surface area contributed by atoms with Crippen molar-refractivity contribution in [3.63, 3.8) is 0 Å². The summed E-state index contributed by atoms with van der Waals surface area (Å²) in [4.78, 5) is 0. The Morgan fingerprint density at radius 2 is 2.31 bits per heavy atom. The van der Waals surface area contributed by atoms with Gasteiger partial charge in [0.1, 0.15) is 0 Å². The molecule has 5 heteroatoms. The largest absolute Gasteiger partial charge is 0.383 e. The number of fused-ring (bicyclic) bond motifs is 1. The molecule has 0 aliphatic carbocycles. The SMILES string of the molecule is COCCNc1cnnc2ccc(Cl)cc12. The molecule has 4 nitrogen and oxygen atoms in total. The van der Waals surface area contributed by atoms with Crippen LogP contribution in [-0.4, -0.2) is 30.5 Å². The lowest BCUT2D eigenvalue weighted by atomic mass is 10.2. The summed E-state index contributed by atoms with van der Waals surface area (Å²) in [5.74, 6) is 0. The zero-order chi connectivity index (χ0) is 11.4. The highest BCUT2D eigenvalue weighted by atomic mass is 35.5. The van der Waals surface area contributed by atoms with Gasteiger partial charge in [0.05, 0.1) is 24.0 Å². The molecule has 16 heavy (non-hydrogen) atoms. The van der Waals surface area contributed by atoms with Crippen molar-refractivity contribution in [2.45, 2.75) is 0 Å². The van der Waals surface area contributed by atoms with Crippen molar-refractivity contribution in [2.24, 2.45) is 0 Å². The highest BCUT2D eigenvalue weighted by molar-refractivity contribution is 6.31. The molecular formula is C11H12ClN3O. The Kier molecular flexibility index (Phi) is 3.54. The highest BCUT2D eigenvalue weighted by Crippen LogP contribution is 2.23. The molecule has 0 amide bonds. The van der Waals surface area contributed by atoms with E-state index < -0.39 is 0 Å². The zero-order valence-corrected chi connectivity index (χ0v) is 9.66. The van der Waals surface area contributed by atoms with Gasteiger partial charge in [0.25, 0.3) is 0 Å². The van der Waals surface area contributed by atoms with Crippen LogP contribution >= 0.6 is 11.6 Å². The molecule has 0 spiro atoms. The first kappa shape index (κ1) is 11.1. The highest BCUT2D eigenvalue weighted by Gasteiger charge is 2.02. The van der Waals surface area contributed by atoms with Gasteiger partial charge in [0, 0.05) is 24.1 Å². The minimum atomic E-state index is 0.643. The van der Waals surface area contributed by atoms with Crippen LogP contribution in [0.15, 0.2) is 24.4 Å². The average molecular weight is 238 g/mol. The van der Waals surface area contributed by atoms with Gasteiger partial charge in [-0.3, -0.25) is 0 Å². The maximum absolute atomic E-state index is 5.95. The van der Waals surface area contributed by atoms with Crippen molar-refractivity contribution in [1.82, 2.24) is 10.2 Å². The van der Waals surface area contributed by atoms with Crippen LogP contribution in [-0.2, 0) is 4.74 Å². The summed E-state index contributed by atoms with van der Waals surface area (Å²) in [6.07, 6.45) is 1.69. The van der Waals surface area contributed by atoms with Crippen molar-refractivity contribution in [3.8, 4) is 0 Å². The van der Waals surface area contributed by atoms with E-state index in [0.717, 1.165) is 23.1 Å². The number of benzene rings is 1. The molecule has 0 aliphatic heterocycles. The van der Waals surface area contributed by atoms with Crippen molar-refractivity contribution < 1.29 is 4.74 Å². The second kappa shape index (κ2) is 5.09. The average Bonchev–Trinajstić information content (AvgIpc) is 2.30. The summed E-state index contributed by atoms with van der Waals surface area (Å²) >= 11 is 5.95. The molecular weight excluding hydrogens is 226 g/mol. The van der Waals surface area contributed by atoms with E-state index in [4.69, 9.17) is 16.3 Å². The van der Waals surface area contributed by atoms with E-state index in [1.165, 1.54) is 0 Å². The normalized spacial score (nSPS) is 10.6. The number of rotatable bonds is 4. The number of hydrogen-bond donors (Lipinski definition) is 1. The number of ether oxygens (including phenoxy) is 1. The number of hydrogen-bond acceptors (Lipinski definition) is 4. The maximum Gasteiger partial charge on any atom is 0.0951 e. The third-order valence-electron chi connectivity index (χ3n) is 2.22. The van der Waals surface area contributed by atoms with Crippen LogP contribution in [0.25, 0.3) is 10.9 Å². The van der Waals surface area contributed by atoms with Crippen LogP contribution in [0.1, 0.15) is 0 Å². The molecule has 0 fully saturated rings. The van der Waals surface area contributed by atoms with E-state index in [2.05, 4.69) is 15.5 Å². The molecule has 1 heterocycles. The third-order valence-corrected chi connectivity index (χ3v) is 2.46. The van der Waals surface area contributed by atoms with Crippen LogP contribution < -0.4 is 5.32 Å². The van der Waals surface area contributed by atoms with Gasteiger partial charge < -0.3 is 10.1 Å². The zero-order valence-electron chi connectivity index (χ0n) is 8.90. The number of nitrogens with one attached hydrogen (secondary N) is 1. The molecule has 0 atom stereocenters. The Bertz CT molecular complexity index is 490. The smallest absolute Gasteiger partial charge is 0.0951 e. The molecule has 2 rings (SSSR count). The number of halogens is 1. The molecule has 0 saturated heterocycles. The standard InChI is InChI=1S/C11H12ClN3O/c1-16-5-4-13-11-7-14-15-10-3-2-8(12)6-9(10)11/h2-3,6-7H,4-5H2,1H3,(H,13,15). The summed E-state index contributed by atoms with van der Waals surface area (Å²) in [6.45, 7) is 1.37. The Hall–Kier alpha value is -1.39. The third kappa shape index (κ3) is 2.40. The van der Waals surface area contributed by atoms with Crippen LogP contribution in [0.4, 0.5) is 5.69 Å². The quantitative estimate of drug-likeness (QED) is 0.830. The molecule has 1 N–H and O–H groups in total. The first-order chi connectivity index (χ1) is 7.81. The lowest BCUT2D eigenvalue weighted by Crippen LogP contribution is -2.08. The second-order valence-corrected chi connectivity index (χ2v) is 3.78. The van der Waals surface area contributed by atoms with Gasteiger partial charge in [-0.15, -0.1) is 0 Å². The van der Waals surface area contributed by atoms with E-state index in [1.54, 1.807) is 19.4 Å². The number of aromatic nitrogens is 2. The van der Waals surface area contributed by atoms with Crippen LogP contribution in [0, 0.1) is 0 Å². The molecule has 84 valence electrons. The van der Waals surface area contributed by atoms with Crippen molar-refractivity contribution in [1.29, 1.82) is 0 Å². The summed E-state index contributed by atoms with van der Waals surface area (Å²) in [7, 11) is 1.67. The van der Waals surface area contributed by atoms with Gasteiger partial charge >= 0.3 is 0 Å². The fourth-order valence-corrected chi connectivity index (χ4v) is 1.63. The Balaban J connectivity index is 2.32. The minimum absolute atomic E-state index is 0.643. The van der Waals surface area contributed by atoms with Gasteiger partial charge in [0.15, 0.2) is 0 Å². The van der Waals surface area contributed by atoms with E-state index in [1.807, 2.05) is 12.1 Å². The second-order valence-electron chi connectivity index (χ2n) is 3.34. The summed E-state index contributed by atoms with van der Waals surface area (Å²) in [5.41, 5.74) is 1.75. The number of methoxy groups -OCH3 is 1. The van der Waals surface area contributed by atoms with Crippen LogP contribution in [0.5, 0.6) is 0 Å². The summed E-state index contributed by atoms with van der Waals surface area (Å²) < 4.78 is 4.97. The molecule has 0 unspecified atom stereocenters. The number of anilines is 1. The van der Waals surface area contributed by atoms with E-state index in [-0.39, 0.29) is 0 Å². The molecule has 0 saturated carbocycles. The fraction of sp³-hybridized carbons (Fsp3) is 0.273. The molecule has 1 aromatic heterocycles. The van der Waals surface area contributed by atoms with E-state index >= 15 is 0 Å². The lowest BCUT2D eigenvalue weighted by Gasteiger charge is -2.07. The molecule has 2 aromatic rings. The Labute approximate surface area is 98.6 Å². The Morgan fingerprint density at radius 1 is 1.44 bits per heavy atom. The monoisotopic (exact) mass is 237 g/mol.